The summed E-state index contributed by atoms with van der Waals surface area (Å²) in [6.07, 6.45) is 4.51. The number of nitrogens with zero attached hydrogens (tertiary/aromatic N) is 5. The Bertz CT molecular complexity index is 1000. The van der Waals surface area contributed by atoms with Gasteiger partial charge in [-0.05, 0) is 64.7 Å². The van der Waals surface area contributed by atoms with Crippen molar-refractivity contribution in [3.8, 4) is 0 Å². The zero-order valence-electron chi connectivity index (χ0n) is 20.3. The molecule has 0 atom stereocenters. The maximum atomic E-state index is 13.3. The predicted octanol–water partition coefficient (Wildman–Crippen LogP) is 2.49. The lowest BCUT2D eigenvalue weighted by molar-refractivity contribution is 0.0141. The van der Waals surface area contributed by atoms with E-state index in [4.69, 9.17) is 21.2 Å². The molecule has 1 saturated heterocycles. The first-order valence-electron chi connectivity index (χ1n) is 11.9. The number of rotatable bonds is 2. The monoisotopic (exact) mass is 469 g/mol. The summed E-state index contributed by atoms with van der Waals surface area (Å²) in [6.45, 7) is 7.28. The maximum Gasteiger partial charge on any atom is 0.410 e. The van der Waals surface area contributed by atoms with Crippen molar-refractivity contribution in [3.63, 3.8) is 0 Å². The molecule has 2 aliphatic heterocycles. The number of carbonyl (C=O) groups excluding carboxylic acids is 2. The van der Waals surface area contributed by atoms with E-state index < -0.39 is 11.3 Å². The lowest BCUT2D eigenvalue weighted by Crippen LogP contribution is -2.58. The second-order valence-electron chi connectivity index (χ2n) is 10.1. The lowest BCUT2D eigenvalue weighted by Gasteiger charge is -2.45. The van der Waals surface area contributed by atoms with Crippen LogP contribution in [0.5, 0.6) is 0 Å². The molecule has 184 valence electrons. The Balaban J connectivity index is 1.49. The first kappa shape index (κ1) is 23.8. The summed E-state index contributed by atoms with van der Waals surface area (Å²) in [7, 11) is 0. The lowest BCUT2D eigenvalue weighted by atomic mass is 9.87. The van der Waals surface area contributed by atoms with E-state index >= 15 is 0 Å². The number of nitrogens with two attached hydrogens (primary N) is 2. The molecule has 4 N–H and O–H groups in total. The van der Waals surface area contributed by atoms with Crippen LogP contribution in [-0.4, -0.2) is 71.2 Å². The number of anilines is 1. The van der Waals surface area contributed by atoms with Gasteiger partial charge in [-0.1, -0.05) is 12.5 Å². The van der Waals surface area contributed by atoms with E-state index in [0.717, 1.165) is 37.8 Å². The molecule has 1 aromatic rings. The Hall–Kier alpha value is -3.30. The molecule has 2 amide bonds. The fourth-order valence-electron chi connectivity index (χ4n) is 4.87. The molecule has 1 aromatic carbocycles. The number of aliphatic imine (C=N–C) groups is 2. The van der Waals surface area contributed by atoms with Crippen LogP contribution in [0.1, 0.15) is 63.2 Å². The first-order chi connectivity index (χ1) is 16.1. The topological polar surface area (TPSA) is 130 Å². The fourth-order valence-corrected chi connectivity index (χ4v) is 4.87. The average molecular weight is 470 g/mol. The van der Waals surface area contributed by atoms with Gasteiger partial charge in [0.1, 0.15) is 11.3 Å². The molecule has 3 aliphatic rings. The molecule has 10 heteroatoms. The Labute approximate surface area is 200 Å². The van der Waals surface area contributed by atoms with E-state index in [2.05, 4.69) is 4.99 Å². The molecular weight excluding hydrogens is 434 g/mol. The predicted molar refractivity (Wildman–Crippen MR) is 132 cm³/mol. The van der Waals surface area contributed by atoms with Gasteiger partial charge in [-0.3, -0.25) is 9.69 Å². The number of piperazine rings is 1. The van der Waals surface area contributed by atoms with Crippen LogP contribution >= 0.6 is 0 Å². The minimum absolute atomic E-state index is 0.0843. The molecule has 0 bridgehead atoms. The highest BCUT2D eigenvalue weighted by atomic mass is 16.6. The summed E-state index contributed by atoms with van der Waals surface area (Å²) in [5, 5.41) is 0. The Morgan fingerprint density at radius 1 is 1.00 bits per heavy atom. The minimum atomic E-state index is -0.561. The molecule has 0 unspecified atom stereocenters. The zero-order chi connectivity index (χ0) is 24.5. The second kappa shape index (κ2) is 9.15. The first-order valence-corrected chi connectivity index (χ1v) is 11.9. The molecule has 10 nitrogen and oxygen atoms in total. The van der Waals surface area contributed by atoms with Gasteiger partial charge in [0.2, 0.25) is 11.9 Å². The van der Waals surface area contributed by atoms with E-state index in [9.17, 15) is 9.59 Å². The van der Waals surface area contributed by atoms with Crippen LogP contribution in [-0.2, 0) is 4.74 Å². The van der Waals surface area contributed by atoms with Crippen molar-refractivity contribution in [1.29, 1.82) is 0 Å². The van der Waals surface area contributed by atoms with Crippen molar-refractivity contribution in [2.75, 3.05) is 31.1 Å². The smallest absolute Gasteiger partial charge is 0.410 e. The van der Waals surface area contributed by atoms with Crippen LogP contribution in [0, 0.1) is 0 Å². The largest absolute Gasteiger partial charge is 0.444 e. The van der Waals surface area contributed by atoms with Crippen LogP contribution in [0.3, 0.4) is 0 Å². The third kappa shape index (κ3) is 4.95. The van der Waals surface area contributed by atoms with Crippen molar-refractivity contribution in [3.05, 3.63) is 29.8 Å². The molecule has 0 radical (unpaired) electrons. The van der Waals surface area contributed by atoms with Crippen LogP contribution in [0.15, 0.2) is 34.3 Å². The molecule has 2 heterocycles. The summed E-state index contributed by atoms with van der Waals surface area (Å²) in [4.78, 5) is 39.9. The molecule has 4 rings (SSSR count). The van der Waals surface area contributed by atoms with E-state index in [1.54, 1.807) is 15.9 Å². The summed E-state index contributed by atoms with van der Waals surface area (Å²) in [6, 6.07) is 7.42. The molecule has 1 spiro atoms. The van der Waals surface area contributed by atoms with Gasteiger partial charge < -0.3 is 26.0 Å². The quantitative estimate of drug-likeness (QED) is 0.684. The Morgan fingerprint density at radius 3 is 2.29 bits per heavy atom. The molecule has 2 fully saturated rings. The van der Waals surface area contributed by atoms with Crippen molar-refractivity contribution in [1.82, 2.24) is 9.80 Å². The number of amides is 2. The number of guanidine groups is 2. The van der Waals surface area contributed by atoms with Crippen LogP contribution in [0.2, 0.25) is 0 Å². The van der Waals surface area contributed by atoms with E-state index in [-0.39, 0.29) is 18.0 Å². The Kier molecular flexibility index (Phi) is 6.42. The third-order valence-electron chi connectivity index (χ3n) is 6.42. The zero-order valence-corrected chi connectivity index (χ0v) is 20.3. The second-order valence-corrected chi connectivity index (χ2v) is 10.1. The standard InChI is InChI=1S/C24H35N7O3/c1-23(2,3)34-22(33)30-14-12-29(13-15-30)19(32)17-8-7-9-18(16-17)31-21(26)27-20(25)28-24(31)10-5-4-6-11-24/h7-9,16H,4-6,10-15H2,1-3H3,(H4,25,26,27,28). The van der Waals surface area contributed by atoms with Crippen molar-refractivity contribution in [2.24, 2.45) is 21.5 Å². The number of ether oxygens (including phenoxy) is 1. The van der Waals surface area contributed by atoms with Gasteiger partial charge in [0.05, 0.1) is 0 Å². The molecule has 1 saturated carbocycles. The van der Waals surface area contributed by atoms with Gasteiger partial charge in [-0.2, -0.15) is 4.99 Å². The normalized spacial score (nSPS) is 20.6. The summed E-state index contributed by atoms with van der Waals surface area (Å²) in [5.41, 5.74) is 12.5. The average Bonchev–Trinajstić information content (AvgIpc) is 2.78. The van der Waals surface area contributed by atoms with Gasteiger partial charge in [0, 0.05) is 37.4 Å². The van der Waals surface area contributed by atoms with Crippen molar-refractivity contribution in [2.45, 2.75) is 64.1 Å². The van der Waals surface area contributed by atoms with Gasteiger partial charge in [-0.25, -0.2) is 9.79 Å². The van der Waals surface area contributed by atoms with E-state index in [0.29, 0.717) is 37.7 Å². The molecular formula is C24H35N7O3. The van der Waals surface area contributed by atoms with Gasteiger partial charge in [0.25, 0.3) is 5.91 Å². The van der Waals surface area contributed by atoms with Crippen LogP contribution in [0.4, 0.5) is 10.5 Å². The van der Waals surface area contributed by atoms with E-state index in [1.807, 2.05) is 43.9 Å². The van der Waals surface area contributed by atoms with Gasteiger partial charge in [-0.15, -0.1) is 0 Å². The third-order valence-corrected chi connectivity index (χ3v) is 6.42. The van der Waals surface area contributed by atoms with E-state index in [1.165, 1.54) is 0 Å². The highest BCUT2D eigenvalue weighted by molar-refractivity contribution is 6.06. The molecule has 1 aliphatic carbocycles. The summed E-state index contributed by atoms with van der Waals surface area (Å²) in [5.74, 6) is 0.412. The highest BCUT2D eigenvalue weighted by Gasteiger charge is 2.42. The maximum absolute atomic E-state index is 13.3. The molecule has 34 heavy (non-hydrogen) atoms. The Morgan fingerprint density at radius 2 is 1.65 bits per heavy atom. The van der Waals surface area contributed by atoms with Crippen molar-refractivity contribution < 1.29 is 14.3 Å². The highest BCUT2D eigenvalue weighted by Crippen LogP contribution is 2.39. The van der Waals surface area contributed by atoms with Gasteiger partial charge >= 0.3 is 6.09 Å². The van der Waals surface area contributed by atoms with Gasteiger partial charge in [0.15, 0.2) is 0 Å². The summed E-state index contributed by atoms with van der Waals surface area (Å²) >= 11 is 0. The van der Waals surface area contributed by atoms with Crippen LogP contribution in [0.25, 0.3) is 0 Å². The SMILES string of the molecule is CC(C)(C)OC(=O)N1CCN(C(=O)c2cccc(N3C(N)=NC(N)=NC34CCCCC4)c2)CC1. The van der Waals surface area contributed by atoms with Crippen molar-refractivity contribution >= 4 is 29.6 Å². The number of carbonyl (C=O) groups is 2. The summed E-state index contributed by atoms with van der Waals surface area (Å²) < 4.78 is 5.45. The molecule has 0 aromatic heterocycles. The van der Waals surface area contributed by atoms with Crippen LogP contribution < -0.4 is 16.4 Å². The minimum Gasteiger partial charge on any atom is -0.444 e. The number of hydrogen-bond donors (Lipinski definition) is 2. The fraction of sp³-hybridized carbons (Fsp3) is 0.583. The number of hydrogen-bond acceptors (Lipinski definition) is 8. The number of benzene rings is 1.